The topological polar surface area (TPSA) is 4.93 Å². The molecule has 1 aromatic heterocycles. The van der Waals surface area contributed by atoms with E-state index in [0.29, 0.717) is 5.92 Å². The van der Waals surface area contributed by atoms with Gasteiger partial charge in [0.1, 0.15) is 5.82 Å². The fourth-order valence-electron chi connectivity index (χ4n) is 3.13. The molecule has 1 fully saturated rings. The Hall–Kier alpha value is -1.31. The van der Waals surface area contributed by atoms with E-state index >= 15 is 0 Å². The van der Waals surface area contributed by atoms with Gasteiger partial charge >= 0.3 is 0 Å². The van der Waals surface area contributed by atoms with Crippen LogP contribution in [0.1, 0.15) is 43.6 Å². The van der Waals surface area contributed by atoms with E-state index in [-0.39, 0.29) is 5.82 Å². The molecule has 1 nitrogen and oxygen atoms in total. The van der Waals surface area contributed by atoms with Crippen LogP contribution < -0.4 is 0 Å². The highest BCUT2D eigenvalue weighted by molar-refractivity contribution is 5.84. The molecule has 17 heavy (non-hydrogen) atoms. The summed E-state index contributed by atoms with van der Waals surface area (Å²) in [4.78, 5) is 0. The molecule has 0 radical (unpaired) electrons. The van der Waals surface area contributed by atoms with E-state index < -0.39 is 0 Å². The van der Waals surface area contributed by atoms with Crippen LogP contribution in [-0.4, -0.2) is 4.57 Å². The van der Waals surface area contributed by atoms with Crippen molar-refractivity contribution in [3.05, 3.63) is 35.8 Å². The average Bonchev–Trinajstić information content (AvgIpc) is 2.67. The summed E-state index contributed by atoms with van der Waals surface area (Å²) in [6.45, 7) is 0. The summed E-state index contributed by atoms with van der Waals surface area (Å²) in [5.74, 6) is 0.509. The first-order valence-electron chi connectivity index (χ1n) is 6.50. The van der Waals surface area contributed by atoms with Crippen LogP contribution in [0.2, 0.25) is 0 Å². The van der Waals surface area contributed by atoms with Crippen LogP contribution in [0.5, 0.6) is 0 Å². The minimum atomic E-state index is -0.124. The van der Waals surface area contributed by atoms with Crippen molar-refractivity contribution >= 4 is 10.9 Å². The zero-order chi connectivity index (χ0) is 11.8. The lowest BCUT2D eigenvalue weighted by Crippen LogP contribution is -2.03. The van der Waals surface area contributed by atoms with Gasteiger partial charge in [-0.3, -0.25) is 0 Å². The molecule has 0 spiro atoms. The van der Waals surface area contributed by atoms with E-state index in [1.807, 2.05) is 13.1 Å². The Balaban J connectivity index is 2.11. The van der Waals surface area contributed by atoms with E-state index in [1.165, 1.54) is 37.7 Å². The van der Waals surface area contributed by atoms with Gasteiger partial charge in [-0.15, -0.1) is 0 Å². The van der Waals surface area contributed by atoms with Gasteiger partial charge in [0.05, 0.1) is 0 Å². The van der Waals surface area contributed by atoms with Gasteiger partial charge in [-0.2, -0.15) is 0 Å². The number of rotatable bonds is 1. The van der Waals surface area contributed by atoms with Crippen molar-refractivity contribution in [3.8, 4) is 0 Å². The fourth-order valence-corrected chi connectivity index (χ4v) is 3.13. The quantitative estimate of drug-likeness (QED) is 0.687. The van der Waals surface area contributed by atoms with Crippen LogP contribution in [0, 0.1) is 5.82 Å². The number of fused-ring (bicyclic) bond motifs is 1. The Morgan fingerprint density at radius 3 is 2.71 bits per heavy atom. The third-order valence-corrected chi connectivity index (χ3v) is 4.03. The molecule has 0 saturated heterocycles. The van der Waals surface area contributed by atoms with Crippen LogP contribution in [-0.2, 0) is 7.05 Å². The third kappa shape index (κ3) is 1.86. The standard InChI is InChI=1S/C15H18FN/c1-17-10-14(11-5-3-2-4-6-11)13-9-12(16)7-8-15(13)17/h7-11H,2-6H2,1H3. The van der Waals surface area contributed by atoms with Gasteiger partial charge in [0.25, 0.3) is 0 Å². The number of hydrogen-bond donors (Lipinski definition) is 0. The Morgan fingerprint density at radius 2 is 1.94 bits per heavy atom. The van der Waals surface area contributed by atoms with Crippen molar-refractivity contribution in [2.24, 2.45) is 7.05 Å². The molecule has 2 aromatic rings. The number of aromatic nitrogens is 1. The summed E-state index contributed by atoms with van der Waals surface area (Å²) < 4.78 is 15.5. The lowest BCUT2D eigenvalue weighted by molar-refractivity contribution is 0.445. The second-order valence-electron chi connectivity index (χ2n) is 5.19. The Bertz CT molecular complexity index is 535. The highest BCUT2D eigenvalue weighted by atomic mass is 19.1. The van der Waals surface area contributed by atoms with Crippen molar-refractivity contribution in [3.63, 3.8) is 0 Å². The molecule has 2 heteroatoms. The monoisotopic (exact) mass is 231 g/mol. The predicted molar refractivity (Wildman–Crippen MR) is 68.7 cm³/mol. The maximum absolute atomic E-state index is 13.4. The minimum Gasteiger partial charge on any atom is -0.350 e. The Labute approximate surface area is 101 Å². The molecule has 1 aromatic carbocycles. The van der Waals surface area contributed by atoms with E-state index in [0.717, 1.165) is 10.9 Å². The molecule has 0 N–H and O–H groups in total. The average molecular weight is 231 g/mol. The van der Waals surface area contributed by atoms with E-state index in [4.69, 9.17) is 0 Å². The molecule has 3 rings (SSSR count). The summed E-state index contributed by atoms with van der Waals surface area (Å²) in [5.41, 5.74) is 2.49. The van der Waals surface area contributed by atoms with Crippen LogP contribution in [0.15, 0.2) is 24.4 Å². The van der Waals surface area contributed by atoms with Crippen LogP contribution >= 0.6 is 0 Å². The minimum absolute atomic E-state index is 0.124. The molecular weight excluding hydrogens is 213 g/mol. The summed E-state index contributed by atoms with van der Waals surface area (Å²) in [5, 5.41) is 1.11. The van der Waals surface area contributed by atoms with Gasteiger partial charge in [0.2, 0.25) is 0 Å². The molecule has 0 amide bonds. The first-order valence-corrected chi connectivity index (χ1v) is 6.50. The summed E-state index contributed by atoms with van der Waals surface area (Å²) in [6, 6.07) is 5.13. The van der Waals surface area contributed by atoms with Crippen molar-refractivity contribution in [1.29, 1.82) is 0 Å². The number of nitrogens with zero attached hydrogens (tertiary/aromatic N) is 1. The molecule has 0 aliphatic heterocycles. The van der Waals surface area contributed by atoms with E-state index in [2.05, 4.69) is 10.8 Å². The van der Waals surface area contributed by atoms with Gasteiger partial charge in [0, 0.05) is 24.1 Å². The largest absolute Gasteiger partial charge is 0.350 e. The summed E-state index contributed by atoms with van der Waals surface area (Å²) in [7, 11) is 2.05. The number of hydrogen-bond acceptors (Lipinski definition) is 0. The molecular formula is C15H18FN. The van der Waals surface area contributed by atoms with E-state index in [1.54, 1.807) is 12.1 Å². The van der Waals surface area contributed by atoms with Gasteiger partial charge in [0.15, 0.2) is 0 Å². The number of aryl methyl sites for hydroxylation is 1. The SMILES string of the molecule is Cn1cc(C2CCCCC2)c2cc(F)ccc21. The van der Waals surface area contributed by atoms with Crippen molar-refractivity contribution < 1.29 is 4.39 Å². The molecule has 1 heterocycles. The zero-order valence-electron chi connectivity index (χ0n) is 10.2. The first kappa shape index (κ1) is 10.8. The second kappa shape index (κ2) is 4.17. The molecule has 90 valence electrons. The van der Waals surface area contributed by atoms with Crippen molar-refractivity contribution in [2.75, 3.05) is 0 Å². The van der Waals surface area contributed by atoms with Crippen LogP contribution in [0.25, 0.3) is 10.9 Å². The zero-order valence-corrected chi connectivity index (χ0v) is 10.2. The molecule has 1 saturated carbocycles. The Kier molecular flexibility index (Phi) is 2.65. The smallest absolute Gasteiger partial charge is 0.123 e. The second-order valence-corrected chi connectivity index (χ2v) is 5.19. The first-order chi connectivity index (χ1) is 8.25. The maximum atomic E-state index is 13.4. The molecule has 1 aliphatic rings. The summed E-state index contributed by atoms with van der Waals surface area (Å²) in [6.07, 6.45) is 8.70. The molecule has 1 aliphatic carbocycles. The molecule has 0 unspecified atom stereocenters. The Morgan fingerprint density at radius 1 is 1.18 bits per heavy atom. The molecule has 0 bridgehead atoms. The number of benzene rings is 1. The van der Waals surface area contributed by atoms with Gasteiger partial charge in [-0.25, -0.2) is 4.39 Å². The summed E-state index contributed by atoms with van der Waals surface area (Å²) >= 11 is 0. The maximum Gasteiger partial charge on any atom is 0.123 e. The number of halogens is 1. The van der Waals surface area contributed by atoms with Gasteiger partial charge in [-0.1, -0.05) is 19.3 Å². The lowest BCUT2D eigenvalue weighted by atomic mass is 9.84. The third-order valence-electron chi connectivity index (χ3n) is 4.03. The van der Waals surface area contributed by atoms with Crippen molar-refractivity contribution in [1.82, 2.24) is 4.57 Å². The fraction of sp³-hybridized carbons (Fsp3) is 0.467. The highest BCUT2D eigenvalue weighted by Crippen LogP contribution is 2.37. The molecule has 0 atom stereocenters. The van der Waals surface area contributed by atoms with Gasteiger partial charge in [-0.05, 0) is 42.5 Å². The van der Waals surface area contributed by atoms with Crippen molar-refractivity contribution in [2.45, 2.75) is 38.0 Å². The lowest BCUT2D eigenvalue weighted by Gasteiger charge is -2.21. The normalized spacial score (nSPS) is 17.8. The predicted octanol–water partition coefficient (Wildman–Crippen LogP) is 4.37. The van der Waals surface area contributed by atoms with Crippen LogP contribution in [0.3, 0.4) is 0 Å². The van der Waals surface area contributed by atoms with E-state index in [9.17, 15) is 4.39 Å². The van der Waals surface area contributed by atoms with Gasteiger partial charge < -0.3 is 4.57 Å². The highest BCUT2D eigenvalue weighted by Gasteiger charge is 2.19. The van der Waals surface area contributed by atoms with Crippen LogP contribution in [0.4, 0.5) is 4.39 Å².